The first-order chi connectivity index (χ1) is 16.5. The van der Waals surface area contributed by atoms with Crippen LogP contribution in [0.25, 0.3) is 0 Å². The topological polar surface area (TPSA) is 66.5 Å². The number of nitrogens with zero attached hydrogens (tertiary/aromatic N) is 1. The number of alkyl halides is 3. The van der Waals surface area contributed by atoms with Crippen LogP contribution in [-0.4, -0.2) is 31.8 Å². The normalized spacial score (nSPS) is 23.8. The Morgan fingerprint density at radius 2 is 1.51 bits per heavy atom. The van der Waals surface area contributed by atoms with E-state index in [9.17, 15) is 30.8 Å². The SMILES string of the molecule is O=C([C@H]1CC[C@H](NS(=O)(=O)c2ccc(C(F)(F)F)cc2)CC1)N1CCCCC1c1ccc(F)cc1. The zero-order valence-corrected chi connectivity index (χ0v) is 19.9. The van der Waals surface area contributed by atoms with Gasteiger partial charge in [0.05, 0.1) is 16.5 Å². The van der Waals surface area contributed by atoms with Crippen LogP contribution in [0, 0.1) is 11.7 Å². The predicted octanol–water partition coefficient (Wildman–Crippen LogP) is 5.44. The summed E-state index contributed by atoms with van der Waals surface area (Å²) < 4.78 is 79.5. The molecule has 10 heteroatoms. The highest BCUT2D eigenvalue weighted by atomic mass is 32.2. The molecule has 5 nitrogen and oxygen atoms in total. The van der Waals surface area contributed by atoms with E-state index in [0.29, 0.717) is 32.2 Å². The second-order valence-corrected chi connectivity index (χ2v) is 11.0. The van der Waals surface area contributed by atoms with Gasteiger partial charge in [-0.25, -0.2) is 17.5 Å². The summed E-state index contributed by atoms with van der Waals surface area (Å²) >= 11 is 0. The van der Waals surface area contributed by atoms with Crippen LogP contribution in [0.3, 0.4) is 0 Å². The van der Waals surface area contributed by atoms with Gasteiger partial charge in [-0.05, 0) is 86.9 Å². The summed E-state index contributed by atoms with van der Waals surface area (Å²) in [5, 5.41) is 0. The van der Waals surface area contributed by atoms with E-state index in [1.807, 2.05) is 4.90 Å². The molecule has 1 heterocycles. The molecule has 2 aromatic rings. The molecule has 1 N–H and O–H groups in total. The second kappa shape index (κ2) is 10.3. The Hall–Kier alpha value is -2.46. The van der Waals surface area contributed by atoms with Crippen LogP contribution >= 0.6 is 0 Å². The van der Waals surface area contributed by atoms with Gasteiger partial charge in [0.25, 0.3) is 0 Å². The fourth-order valence-corrected chi connectivity index (χ4v) is 6.34. The zero-order valence-electron chi connectivity index (χ0n) is 19.1. The summed E-state index contributed by atoms with van der Waals surface area (Å²) in [6, 6.07) is 9.17. The molecule has 0 spiro atoms. The first-order valence-electron chi connectivity index (χ1n) is 11.8. The van der Waals surface area contributed by atoms with E-state index >= 15 is 0 Å². The van der Waals surface area contributed by atoms with Crippen LogP contribution < -0.4 is 4.72 Å². The fraction of sp³-hybridized carbons (Fsp3) is 0.480. The smallest absolute Gasteiger partial charge is 0.335 e. The molecule has 4 rings (SSSR count). The summed E-state index contributed by atoms with van der Waals surface area (Å²) in [5.74, 6) is -0.495. The summed E-state index contributed by atoms with van der Waals surface area (Å²) in [6.45, 7) is 0.640. The van der Waals surface area contributed by atoms with Crippen molar-refractivity contribution in [2.75, 3.05) is 6.54 Å². The Morgan fingerprint density at radius 1 is 0.886 bits per heavy atom. The van der Waals surface area contributed by atoms with Crippen LogP contribution in [0.2, 0.25) is 0 Å². The lowest BCUT2D eigenvalue weighted by molar-refractivity contribution is -0.140. The minimum Gasteiger partial charge on any atom is -0.335 e. The summed E-state index contributed by atoms with van der Waals surface area (Å²) in [7, 11) is -3.97. The summed E-state index contributed by atoms with van der Waals surface area (Å²) in [4.78, 5) is 15.0. The molecule has 1 saturated heterocycles. The minimum absolute atomic E-state index is 0.0445. The molecule has 35 heavy (non-hydrogen) atoms. The number of halogens is 4. The minimum atomic E-state index is -4.54. The molecule has 1 unspecified atom stereocenters. The summed E-state index contributed by atoms with van der Waals surface area (Å²) in [5.41, 5.74) is 0.00422. The van der Waals surface area contributed by atoms with Gasteiger partial charge in [-0.3, -0.25) is 4.79 Å². The van der Waals surface area contributed by atoms with Crippen LogP contribution in [0.5, 0.6) is 0 Å². The van der Waals surface area contributed by atoms with Crippen molar-refractivity contribution in [3.05, 3.63) is 65.5 Å². The number of piperidine rings is 1. The molecule has 1 atom stereocenters. The van der Waals surface area contributed by atoms with Crippen LogP contribution in [0.4, 0.5) is 17.6 Å². The zero-order chi connectivity index (χ0) is 25.2. The molecule has 2 fully saturated rings. The van der Waals surface area contributed by atoms with Crippen LogP contribution in [0.15, 0.2) is 53.4 Å². The Bertz CT molecular complexity index is 1130. The lowest BCUT2D eigenvalue weighted by Crippen LogP contribution is -2.45. The van der Waals surface area contributed by atoms with Gasteiger partial charge in [-0.1, -0.05) is 12.1 Å². The number of carbonyl (C=O) groups is 1. The highest BCUT2D eigenvalue weighted by Gasteiger charge is 2.36. The summed E-state index contributed by atoms with van der Waals surface area (Å²) in [6.07, 6.45) is 0.147. The fourth-order valence-electron chi connectivity index (χ4n) is 5.03. The number of carbonyl (C=O) groups excluding carboxylic acids is 1. The molecule has 1 amide bonds. The van der Waals surface area contributed by atoms with Gasteiger partial charge in [0, 0.05) is 18.5 Å². The first-order valence-corrected chi connectivity index (χ1v) is 13.3. The van der Waals surface area contributed by atoms with E-state index in [0.717, 1.165) is 49.1 Å². The third-order valence-electron chi connectivity index (χ3n) is 6.93. The van der Waals surface area contributed by atoms with Crippen molar-refractivity contribution in [2.24, 2.45) is 5.92 Å². The lowest BCUT2D eigenvalue weighted by Gasteiger charge is -2.39. The van der Waals surface area contributed by atoms with E-state index in [1.165, 1.54) is 12.1 Å². The lowest BCUT2D eigenvalue weighted by atomic mass is 9.84. The predicted molar refractivity (Wildman–Crippen MR) is 122 cm³/mol. The van der Waals surface area contributed by atoms with Gasteiger partial charge >= 0.3 is 6.18 Å². The molecular formula is C25H28F4N2O3S. The van der Waals surface area contributed by atoms with Gasteiger partial charge in [-0.2, -0.15) is 13.2 Å². The molecule has 0 bridgehead atoms. The van der Waals surface area contributed by atoms with Crippen molar-refractivity contribution < 1.29 is 30.8 Å². The van der Waals surface area contributed by atoms with Crippen molar-refractivity contribution >= 4 is 15.9 Å². The maximum atomic E-state index is 13.4. The molecule has 0 aromatic heterocycles. The number of amides is 1. The molecule has 1 aliphatic carbocycles. The highest BCUT2D eigenvalue weighted by molar-refractivity contribution is 7.89. The molecule has 1 saturated carbocycles. The van der Waals surface area contributed by atoms with Gasteiger partial charge in [0.2, 0.25) is 15.9 Å². The number of hydrogen-bond acceptors (Lipinski definition) is 3. The van der Waals surface area contributed by atoms with E-state index in [1.54, 1.807) is 12.1 Å². The Labute approximate surface area is 202 Å². The Balaban J connectivity index is 1.36. The average molecular weight is 513 g/mol. The van der Waals surface area contributed by atoms with Gasteiger partial charge < -0.3 is 4.90 Å². The maximum Gasteiger partial charge on any atom is 0.416 e. The maximum absolute atomic E-state index is 13.4. The molecule has 190 valence electrons. The molecule has 2 aliphatic rings. The van der Waals surface area contributed by atoms with Crippen molar-refractivity contribution in [1.29, 1.82) is 0 Å². The Morgan fingerprint density at radius 3 is 2.11 bits per heavy atom. The Kier molecular flexibility index (Phi) is 7.51. The van der Waals surface area contributed by atoms with Crippen LogP contribution in [-0.2, 0) is 21.0 Å². The van der Waals surface area contributed by atoms with Crippen molar-refractivity contribution in [3.8, 4) is 0 Å². The largest absolute Gasteiger partial charge is 0.416 e. The molecule has 0 radical (unpaired) electrons. The third kappa shape index (κ3) is 6.03. The number of sulfonamides is 1. The van der Waals surface area contributed by atoms with E-state index in [4.69, 9.17) is 0 Å². The van der Waals surface area contributed by atoms with Crippen molar-refractivity contribution in [2.45, 2.75) is 68.1 Å². The molecular weight excluding hydrogens is 484 g/mol. The van der Waals surface area contributed by atoms with Gasteiger partial charge in [0.15, 0.2) is 0 Å². The monoisotopic (exact) mass is 512 g/mol. The van der Waals surface area contributed by atoms with Gasteiger partial charge in [-0.15, -0.1) is 0 Å². The highest BCUT2D eigenvalue weighted by Crippen LogP contribution is 2.35. The number of nitrogens with one attached hydrogen (secondary N) is 1. The number of hydrogen-bond donors (Lipinski definition) is 1. The van der Waals surface area contributed by atoms with E-state index in [2.05, 4.69) is 4.72 Å². The molecule has 2 aromatic carbocycles. The van der Waals surface area contributed by atoms with Gasteiger partial charge in [0.1, 0.15) is 5.82 Å². The van der Waals surface area contributed by atoms with E-state index in [-0.39, 0.29) is 34.6 Å². The molecule has 1 aliphatic heterocycles. The number of rotatable bonds is 5. The second-order valence-electron chi connectivity index (χ2n) is 9.29. The number of benzene rings is 2. The van der Waals surface area contributed by atoms with E-state index < -0.39 is 21.8 Å². The van der Waals surface area contributed by atoms with Crippen molar-refractivity contribution in [3.63, 3.8) is 0 Å². The average Bonchev–Trinajstić information content (AvgIpc) is 2.84. The number of likely N-dealkylation sites (tertiary alicyclic amines) is 1. The van der Waals surface area contributed by atoms with Crippen LogP contribution in [0.1, 0.15) is 62.1 Å². The van der Waals surface area contributed by atoms with Crippen molar-refractivity contribution in [1.82, 2.24) is 9.62 Å². The standard InChI is InChI=1S/C25H28F4N2O3S/c26-20-10-4-17(5-11-20)23-3-1-2-16-31(23)24(32)18-6-12-21(13-7-18)30-35(33,34)22-14-8-19(9-15-22)25(27,28)29/h4-5,8-11,14-15,18,21,23,30H,1-3,6-7,12-13,16H2/t18-,21-,23?. The third-order valence-corrected chi connectivity index (χ3v) is 8.47. The first kappa shape index (κ1) is 25.6. The quantitative estimate of drug-likeness (QED) is 0.543.